The predicted octanol–water partition coefficient (Wildman–Crippen LogP) is 4.74. The lowest BCUT2D eigenvalue weighted by atomic mass is 10.2. The van der Waals surface area contributed by atoms with E-state index in [4.69, 9.17) is 14.3 Å². The van der Waals surface area contributed by atoms with Gasteiger partial charge in [0.2, 0.25) is 0 Å². The average molecular weight is 446 g/mol. The maximum absolute atomic E-state index is 12.4. The van der Waals surface area contributed by atoms with Crippen molar-refractivity contribution in [3.63, 3.8) is 0 Å². The van der Waals surface area contributed by atoms with Crippen LogP contribution in [-0.4, -0.2) is 33.9 Å². The molecule has 0 spiro atoms. The molecule has 0 atom stereocenters. The summed E-state index contributed by atoms with van der Waals surface area (Å²) in [5, 5.41) is 10.9. The van der Waals surface area contributed by atoms with Gasteiger partial charge in [-0.05, 0) is 44.0 Å². The highest BCUT2D eigenvalue weighted by Gasteiger charge is 2.31. The zero-order valence-corrected chi connectivity index (χ0v) is 17.7. The Bertz CT molecular complexity index is 953. The molecule has 32 heavy (non-hydrogen) atoms. The van der Waals surface area contributed by atoms with Crippen LogP contribution >= 0.6 is 0 Å². The molecular weight excluding hydrogens is 424 g/mol. The number of amides is 2. The number of nitro groups is 1. The topological polar surface area (TPSA) is 135 Å². The molecule has 0 aromatic heterocycles. The minimum absolute atomic E-state index is 0.133. The molecule has 0 saturated carbocycles. The molecule has 0 fully saturated rings. The molecule has 0 aliphatic carbocycles. The van der Waals surface area contributed by atoms with Crippen LogP contribution in [0, 0.1) is 10.1 Å². The zero-order chi connectivity index (χ0) is 23.7. The fraction of sp³-hybridized carbons (Fsp3) is 0.286. The summed E-state index contributed by atoms with van der Waals surface area (Å²) in [6.45, 7) is 4.18. The molecule has 11 nitrogen and oxygen atoms in total. The van der Waals surface area contributed by atoms with Gasteiger partial charge in [-0.1, -0.05) is 35.4 Å². The lowest BCUT2D eigenvalue weighted by Gasteiger charge is -2.21. The first-order valence-corrected chi connectivity index (χ1v) is 9.37. The number of rotatable bonds is 6. The van der Waals surface area contributed by atoms with Crippen LogP contribution in [0.1, 0.15) is 31.9 Å². The standard InChI is InChI=1S/C21H22N2O9/c1-21(2,3)32-20(26)31-19(25)22(18(24)29-13-15-7-5-4-6-8-15)30-14-16-9-11-17(12-10-16)23(27)28/h4-12H,13-14H2,1-3H3. The van der Waals surface area contributed by atoms with E-state index in [2.05, 4.69) is 4.74 Å². The average Bonchev–Trinajstić information content (AvgIpc) is 2.72. The molecule has 0 saturated heterocycles. The van der Waals surface area contributed by atoms with Gasteiger partial charge in [0.05, 0.1) is 4.92 Å². The molecule has 2 aromatic rings. The number of ether oxygens (including phenoxy) is 3. The van der Waals surface area contributed by atoms with E-state index in [1.54, 1.807) is 51.1 Å². The quantitative estimate of drug-likeness (QED) is 0.267. The van der Waals surface area contributed by atoms with E-state index in [-0.39, 0.29) is 24.0 Å². The summed E-state index contributed by atoms with van der Waals surface area (Å²) in [4.78, 5) is 51.9. The van der Waals surface area contributed by atoms with Crippen molar-refractivity contribution in [2.75, 3.05) is 0 Å². The minimum atomic E-state index is -1.47. The van der Waals surface area contributed by atoms with Gasteiger partial charge in [0.25, 0.3) is 5.69 Å². The molecule has 2 aromatic carbocycles. The summed E-state index contributed by atoms with van der Waals surface area (Å²) in [5.41, 5.74) is -0.0225. The molecule has 0 radical (unpaired) electrons. The van der Waals surface area contributed by atoms with Crippen molar-refractivity contribution in [3.8, 4) is 0 Å². The van der Waals surface area contributed by atoms with Gasteiger partial charge in [-0.2, -0.15) is 0 Å². The number of hydroxylamine groups is 2. The molecular formula is C21H22N2O9. The van der Waals surface area contributed by atoms with E-state index in [1.807, 2.05) is 0 Å². The van der Waals surface area contributed by atoms with Crippen molar-refractivity contribution in [2.45, 2.75) is 39.6 Å². The summed E-state index contributed by atoms with van der Waals surface area (Å²) < 4.78 is 14.4. The van der Waals surface area contributed by atoms with Crippen LogP contribution < -0.4 is 0 Å². The van der Waals surface area contributed by atoms with Gasteiger partial charge in [-0.3, -0.25) is 15.0 Å². The first-order valence-electron chi connectivity index (χ1n) is 9.37. The van der Waals surface area contributed by atoms with E-state index in [0.29, 0.717) is 11.1 Å². The van der Waals surface area contributed by atoms with E-state index in [9.17, 15) is 24.5 Å². The van der Waals surface area contributed by atoms with Crippen LogP contribution in [0.2, 0.25) is 0 Å². The molecule has 0 aliphatic heterocycles. The van der Waals surface area contributed by atoms with E-state index in [1.165, 1.54) is 24.3 Å². The Hall–Kier alpha value is -3.99. The summed E-state index contributed by atoms with van der Waals surface area (Å²) >= 11 is 0. The van der Waals surface area contributed by atoms with Crippen LogP contribution in [0.5, 0.6) is 0 Å². The van der Waals surface area contributed by atoms with Crippen LogP contribution in [0.15, 0.2) is 54.6 Å². The number of nitrogens with zero attached hydrogens (tertiary/aromatic N) is 2. The minimum Gasteiger partial charge on any atom is -0.443 e. The van der Waals surface area contributed by atoms with Crippen molar-refractivity contribution >= 4 is 24.0 Å². The number of hydrogen-bond donors (Lipinski definition) is 0. The molecule has 0 bridgehead atoms. The Balaban J connectivity index is 2.07. The molecule has 170 valence electrons. The Kier molecular flexibility index (Phi) is 8.24. The number of nitro benzene ring substituents is 1. The molecule has 11 heteroatoms. The zero-order valence-electron chi connectivity index (χ0n) is 17.7. The lowest BCUT2D eigenvalue weighted by molar-refractivity contribution is -0.384. The largest absolute Gasteiger partial charge is 0.518 e. The van der Waals surface area contributed by atoms with Gasteiger partial charge in [0, 0.05) is 12.1 Å². The van der Waals surface area contributed by atoms with Crippen LogP contribution in [0.25, 0.3) is 0 Å². The van der Waals surface area contributed by atoms with Crippen molar-refractivity contribution in [1.29, 1.82) is 0 Å². The lowest BCUT2D eigenvalue weighted by Crippen LogP contribution is -2.39. The monoisotopic (exact) mass is 446 g/mol. The molecule has 0 heterocycles. The number of imide groups is 1. The second kappa shape index (κ2) is 10.9. The molecule has 0 N–H and O–H groups in total. The Morgan fingerprint density at radius 2 is 1.50 bits per heavy atom. The summed E-state index contributed by atoms with van der Waals surface area (Å²) in [6.07, 6.45) is -4.04. The maximum Gasteiger partial charge on any atom is 0.518 e. The van der Waals surface area contributed by atoms with E-state index >= 15 is 0 Å². The highest BCUT2D eigenvalue weighted by molar-refractivity contribution is 5.90. The number of non-ortho nitro benzene ring substituents is 1. The predicted molar refractivity (Wildman–Crippen MR) is 109 cm³/mol. The molecule has 2 amide bonds. The Morgan fingerprint density at radius 3 is 2.06 bits per heavy atom. The van der Waals surface area contributed by atoms with Crippen LogP contribution in [0.3, 0.4) is 0 Å². The van der Waals surface area contributed by atoms with E-state index in [0.717, 1.165) is 0 Å². The first kappa shape index (κ1) is 24.3. The van der Waals surface area contributed by atoms with Crippen molar-refractivity contribution in [3.05, 3.63) is 75.8 Å². The maximum atomic E-state index is 12.4. The summed E-state index contributed by atoms with van der Waals surface area (Å²) in [7, 11) is 0. The number of carbonyl (C=O) groups excluding carboxylic acids is 3. The second-order valence-corrected chi connectivity index (χ2v) is 7.36. The van der Waals surface area contributed by atoms with Gasteiger partial charge in [-0.25, -0.2) is 14.4 Å². The molecule has 2 rings (SSSR count). The fourth-order valence-electron chi connectivity index (χ4n) is 2.19. The number of benzene rings is 2. The fourth-order valence-corrected chi connectivity index (χ4v) is 2.19. The van der Waals surface area contributed by atoms with Gasteiger partial charge in [0.1, 0.15) is 18.8 Å². The van der Waals surface area contributed by atoms with E-state index < -0.39 is 28.9 Å². The third-order valence-electron chi connectivity index (χ3n) is 3.60. The third-order valence-corrected chi connectivity index (χ3v) is 3.60. The normalized spacial score (nSPS) is 10.7. The highest BCUT2D eigenvalue weighted by atomic mass is 16.8. The Morgan fingerprint density at radius 1 is 0.906 bits per heavy atom. The third kappa shape index (κ3) is 8.03. The number of hydrogen-bond acceptors (Lipinski definition) is 9. The Labute approximate surface area is 183 Å². The van der Waals surface area contributed by atoms with Gasteiger partial charge >= 0.3 is 18.3 Å². The van der Waals surface area contributed by atoms with Gasteiger partial charge in [0.15, 0.2) is 0 Å². The van der Waals surface area contributed by atoms with Gasteiger partial charge in [-0.15, -0.1) is 0 Å². The van der Waals surface area contributed by atoms with Gasteiger partial charge < -0.3 is 14.2 Å². The highest BCUT2D eigenvalue weighted by Crippen LogP contribution is 2.15. The SMILES string of the molecule is CC(C)(C)OC(=O)OC(=O)N(OCc1ccc([N+](=O)[O-])cc1)C(=O)OCc1ccccc1. The second-order valence-electron chi connectivity index (χ2n) is 7.36. The van der Waals surface area contributed by atoms with Crippen molar-refractivity contribution < 1.29 is 38.4 Å². The van der Waals surface area contributed by atoms with Crippen LogP contribution in [0.4, 0.5) is 20.1 Å². The van der Waals surface area contributed by atoms with Crippen molar-refractivity contribution in [1.82, 2.24) is 5.06 Å². The van der Waals surface area contributed by atoms with Crippen LogP contribution in [-0.2, 0) is 32.3 Å². The van der Waals surface area contributed by atoms with Crippen molar-refractivity contribution in [2.24, 2.45) is 0 Å². The smallest absolute Gasteiger partial charge is 0.443 e. The first-order chi connectivity index (χ1) is 15.0. The number of carbonyl (C=O) groups is 3. The molecule has 0 unspecified atom stereocenters. The summed E-state index contributed by atoms with van der Waals surface area (Å²) in [6, 6.07) is 13.9. The summed E-state index contributed by atoms with van der Waals surface area (Å²) in [5.74, 6) is 0. The molecule has 0 aliphatic rings.